The van der Waals surface area contributed by atoms with E-state index in [9.17, 15) is 4.79 Å². The number of hydrogen-bond acceptors (Lipinski definition) is 4. The molecule has 0 atom stereocenters. The number of carbonyl (C=O) groups excluding carboxylic acids is 1. The normalized spacial score (nSPS) is 16.2. The number of benzene rings is 1. The largest absolute Gasteiger partial charge is 0.351 e. The zero-order valence-electron chi connectivity index (χ0n) is 14.0. The quantitative estimate of drug-likeness (QED) is 0.818. The van der Waals surface area contributed by atoms with E-state index in [1.54, 1.807) is 0 Å². The number of imidazole rings is 1. The summed E-state index contributed by atoms with van der Waals surface area (Å²) in [4.78, 5) is 20.8. The van der Waals surface area contributed by atoms with Crippen molar-refractivity contribution in [3.8, 4) is 0 Å². The van der Waals surface area contributed by atoms with Crippen molar-refractivity contribution in [3.05, 3.63) is 54.6 Å². The van der Waals surface area contributed by atoms with Crippen molar-refractivity contribution in [2.24, 2.45) is 0 Å². The molecule has 1 fully saturated rings. The van der Waals surface area contributed by atoms with E-state index in [0.29, 0.717) is 13.1 Å². The van der Waals surface area contributed by atoms with Gasteiger partial charge in [0.25, 0.3) is 0 Å². The van der Waals surface area contributed by atoms with Gasteiger partial charge in [0.15, 0.2) is 0 Å². The van der Waals surface area contributed by atoms with Gasteiger partial charge in [-0.05, 0) is 5.56 Å². The molecular weight excluding hydrogens is 302 g/mol. The van der Waals surface area contributed by atoms with Crippen LogP contribution in [0.15, 0.2) is 49.1 Å². The van der Waals surface area contributed by atoms with Crippen molar-refractivity contribution in [2.75, 3.05) is 39.3 Å². The van der Waals surface area contributed by atoms with Gasteiger partial charge in [-0.3, -0.25) is 14.6 Å². The Kier molecular flexibility index (Phi) is 5.98. The molecule has 1 N–H and O–H groups in total. The molecule has 24 heavy (non-hydrogen) atoms. The summed E-state index contributed by atoms with van der Waals surface area (Å²) in [5, 5.41) is 3.00. The second-order valence-corrected chi connectivity index (χ2v) is 6.18. The summed E-state index contributed by atoms with van der Waals surface area (Å²) in [6, 6.07) is 10.0. The maximum atomic E-state index is 12.1. The van der Waals surface area contributed by atoms with Crippen LogP contribution >= 0.6 is 0 Å². The summed E-state index contributed by atoms with van der Waals surface area (Å²) in [7, 11) is 0. The fraction of sp³-hybridized carbons (Fsp3) is 0.444. The lowest BCUT2D eigenvalue weighted by Gasteiger charge is -2.34. The third-order valence-corrected chi connectivity index (χ3v) is 4.40. The summed E-state index contributed by atoms with van der Waals surface area (Å²) in [6.07, 6.45) is 5.66. The second kappa shape index (κ2) is 8.61. The van der Waals surface area contributed by atoms with Crippen LogP contribution in [0.5, 0.6) is 0 Å². The van der Waals surface area contributed by atoms with Gasteiger partial charge in [-0.2, -0.15) is 0 Å². The Balaban J connectivity index is 1.32. The van der Waals surface area contributed by atoms with E-state index in [2.05, 4.69) is 24.7 Å². The van der Waals surface area contributed by atoms with Crippen LogP contribution in [0.25, 0.3) is 0 Å². The van der Waals surface area contributed by atoms with E-state index in [-0.39, 0.29) is 5.91 Å². The molecule has 0 saturated carbocycles. The number of aromatic nitrogens is 2. The molecule has 1 aliphatic heterocycles. The SMILES string of the molecule is O=C(CN1CCN(CCn2ccnc2)CC1)NCc1ccccc1. The van der Waals surface area contributed by atoms with Gasteiger partial charge in [-0.25, -0.2) is 4.98 Å². The minimum Gasteiger partial charge on any atom is -0.351 e. The van der Waals surface area contributed by atoms with Crippen molar-refractivity contribution in [1.29, 1.82) is 0 Å². The maximum Gasteiger partial charge on any atom is 0.234 e. The Morgan fingerprint density at radius 2 is 1.79 bits per heavy atom. The predicted molar refractivity (Wildman–Crippen MR) is 93.4 cm³/mol. The molecule has 1 aromatic heterocycles. The van der Waals surface area contributed by atoms with E-state index in [0.717, 1.165) is 44.8 Å². The van der Waals surface area contributed by atoms with Gasteiger partial charge in [0.1, 0.15) is 0 Å². The first-order chi connectivity index (χ1) is 11.8. The van der Waals surface area contributed by atoms with Crippen molar-refractivity contribution in [1.82, 2.24) is 24.7 Å². The highest BCUT2D eigenvalue weighted by molar-refractivity contribution is 5.78. The number of piperazine rings is 1. The molecule has 1 saturated heterocycles. The molecule has 0 bridgehead atoms. The molecule has 2 heterocycles. The Bertz CT molecular complexity index is 606. The highest BCUT2D eigenvalue weighted by atomic mass is 16.2. The number of amides is 1. The summed E-state index contributed by atoms with van der Waals surface area (Å²) >= 11 is 0. The number of carbonyl (C=O) groups is 1. The molecule has 6 nitrogen and oxygen atoms in total. The average Bonchev–Trinajstić information content (AvgIpc) is 3.14. The van der Waals surface area contributed by atoms with Crippen molar-refractivity contribution in [3.63, 3.8) is 0 Å². The van der Waals surface area contributed by atoms with Crippen LogP contribution in [0.2, 0.25) is 0 Å². The lowest BCUT2D eigenvalue weighted by molar-refractivity contribution is -0.122. The molecule has 128 valence electrons. The molecule has 2 aromatic rings. The van der Waals surface area contributed by atoms with Crippen molar-refractivity contribution in [2.45, 2.75) is 13.1 Å². The zero-order chi connectivity index (χ0) is 16.6. The number of hydrogen-bond donors (Lipinski definition) is 1. The van der Waals surface area contributed by atoms with Crippen LogP contribution < -0.4 is 5.32 Å². The second-order valence-electron chi connectivity index (χ2n) is 6.18. The Hall–Kier alpha value is -2.18. The Morgan fingerprint density at radius 1 is 1.04 bits per heavy atom. The first-order valence-electron chi connectivity index (χ1n) is 8.51. The lowest BCUT2D eigenvalue weighted by Crippen LogP contribution is -2.49. The summed E-state index contributed by atoms with van der Waals surface area (Å²) in [5.74, 6) is 0.103. The summed E-state index contributed by atoms with van der Waals surface area (Å²) in [6.45, 7) is 7.02. The van der Waals surface area contributed by atoms with Crippen LogP contribution in [0.3, 0.4) is 0 Å². The van der Waals surface area contributed by atoms with Gasteiger partial charge in [-0.15, -0.1) is 0 Å². The van der Waals surface area contributed by atoms with Gasteiger partial charge >= 0.3 is 0 Å². The van der Waals surface area contributed by atoms with E-state index in [4.69, 9.17) is 0 Å². The van der Waals surface area contributed by atoms with Crippen LogP contribution in [-0.2, 0) is 17.9 Å². The van der Waals surface area contributed by atoms with Gasteiger partial charge in [0.05, 0.1) is 12.9 Å². The standard InChI is InChI=1S/C18H25N5O/c24-18(20-14-17-4-2-1-3-5-17)15-22-11-8-21(9-12-22)10-13-23-7-6-19-16-23/h1-7,16H,8-15H2,(H,20,24). The first kappa shape index (κ1) is 16.7. The molecule has 1 aromatic carbocycles. The highest BCUT2D eigenvalue weighted by Crippen LogP contribution is 2.02. The molecule has 1 aliphatic rings. The topological polar surface area (TPSA) is 53.4 Å². The molecule has 1 amide bonds. The molecule has 0 aliphatic carbocycles. The van der Waals surface area contributed by atoms with Gasteiger partial charge in [0.2, 0.25) is 5.91 Å². The summed E-state index contributed by atoms with van der Waals surface area (Å²) < 4.78 is 2.10. The minimum atomic E-state index is 0.103. The van der Waals surface area contributed by atoms with Crippen LogP contribution in [0.4, 0.5) is 0 Å². The van der Waals surface area contributed by atoms with E-state index < -0.39 is 0 Å². The predicted octanol–water partition coefficient (Wildman–Crippen LogP) is 0.817. The smallest absolute Gasteiger partial charge is 0.234 e. The Labute approximate surface area is 143 Å². The Morgan fingerprint density at radius 3 is 2.50 bits per heavy atom. The van der Waals surface area contributed by atoms with Crippen molar-refractivity contribution >= 4 is 5.91 Å². The van der Waals surface area contributed by atoms with E-state index >= 15 is 0 Å². The number of nitrogens with one attached hydrogen (secondary N) is 1. The monoisotopic (exact) mass is 327 g/mol. The fourth-order valence-electron chi connectivity index (χ4n) is 2.90. The maximum absolute atomic E-state index is 12.1. The van der Waals surface area contributed by atoms with Crippen LogP contribution in [0.1, 0.15) is 5.56 Å². The first-order valence-corrected chi connectivity index (χ1v) is 8.51. The fourth-order valence-corrected chi connectivity index (χ4v) is 2.90. The summed E-state index contributed by atoms with van der Waals surface area (Å²) in [5.41, 5.74) is 1.13. The molecular formula is C18H25N5O. The van der Waals surface area contributed by atoms with Gasteiger partial charge < -0.3 is 9.88 Å². The molecule has 0 spiro atoms. The molecule has 0 unspecified atom stereocenters. The average molecular weight is 327 g/mol. The molecule has 3 rings (SSSR count). The number of nitrogens with zero attached hydrogens (tertiary/aromatic N) is 4. The third-order valence-electron chi connectivity index (χ3n) is 4.40. The lowest BCUT2D eigenvalue weighted by atomic mass is 10.2. The van der Waals surface area contributed by atoms with Gasteiger partial charge in [-0.1, -0.05) is 30.3 Å². The van der Waals surface area contributed by atoms with Gasteiger partial charge in [0, 0.05) is 58.2 Å². The molecule has 6 heteroatoms. The van der Waals surface area contributed by atoms with E-state index in [1.165, 1.54) is 0 Å². The van der Waals surface area contributed by atoms with Crippen molar-refractivity contribution < 1.29 is 4.79 Å². The van der Waals surface area contributed by atoms with E-state index in [1.807, 2.05) is 49.1 Å². The van der Waals surface area contributed by atoms with Crippen LogP contribution in [-0.4, -0.2) is 64.5 Å². The third kappa shape index (κ3) is 5.18. The van der Waals surface area contributed by atoms with Crippen LogP contribution in [0, 0.1) is 0 Å². The highest BCUT2D eigenvalue weighted by Gasteiger charge is 2.18. The minimum absolute atomic E-state index is 0.103. The molecule has 0 radical (unpaired) electrons. The zero-order valence-corrected chi connectivity index (χ0v) is 14.0. The number of rotatable bonds is 7.